The molecule has 4 rings (SSSR count). The van der Waals surface area contributed by atoms with Crippen LogP contribution in [0.3, 0.4) is 0 Å². The molecule has 0 aliphatic rings. The quantitative estimate of drug-likeness (QED) is 0.225. The molecule has 0 spiro atoms. The van der Waals surface area contributed by atoms with Crippen LogP contribution < -0.4 is 16.3 Å². The van der Waals surface area contributed by atoms with Gasteiger partial charge in [-0.2, -0.15) is 5.10 Å². The smallest absolute Gasteiger partial charge is 0.263 e. The van der Waals surface area contributed by atoms with E-state index in [0.717, 1.165) is 12.3 Å². The third-order valence-electron chi connectivity index (χ3n) is 4.33. The zero-order valence-corrected chi connectivity index (χ0v) is 17.5. The molecule has 32 heavy (non-hydrogen) atoms. The van der Waals surface area contributed by atoms with Crippen LogP contribution in [0.4, 0.5) is 11.5 Å². The van der Waals surface area contributed by atoms with Gasteiger partial charge in [0.2, 0.25) is 0 Å². The number of carbonyl (C=O) groups is 1. The highest BCUT2D eigenvalue weighted by atomic mass is 79.9. The first-order valence-corrected chi connectivity index (χ1v) is 9.65. The third-order valence-corrected chi connectivity index (χ3v) is 4.79. The highest BCUT2D eigenvalue weighted by molar-refractivity contribution is 9.10. The van der Waals surface area contributed by atoms with Gasteiger partial charge in [0, 0.05) is 10.5 Å². The summed E-state index contributed by atoms with van der Waals surface area (Å²) in [6.45, 7) is -0.220. The fourth-order valence-corrected chi connectivity index (χ4v) is 3.41. The average Bonchev–Trinajstić information content (AvgIpc) is 3.33. The molecule has 0 atom stereocenters. The minimum atomic E-state index is -0.826. The van der Waals surface area contributed by atoms with Crippen molar-refractivity contribution in [1.29, 1.82) is 0 Å². The van der Waals surface area contributed by atoms with E-state index in [1.54, 1.807) is 28.8 Å². The lowest BCUT2D eigenvalue weighted by atomic mass is 10.2. The zero-order valence-electron chi connectivity index (χ0n) is 15.9. The Morgan fingerprint density at radius 1 is 1.34 bits per heavy atom. The van der Waals surface area contributed by atoms with Gasteiger partial charge in [0.05, 0.1) is 22.2 Å². The summed E-state index contributed by atoms with van der Waals surface area (Å²) in [6.07, 6.45) is 1.03. The molecule has 13 nitrogen and oxygen atoms in total. The Kier molecular flexibility index (Phi) is 5.51. The largest absolute Gasteiger partial charge is 0.867 e. The lowest BCUT2D eigenvalue weighted by Crippen LogP contribution is -2.23. The Hall–Kier alpha value is -4.33. The van der Waals surface area contributed by atoms with Gasteiger partial charge < -0.3 is 15.4 Å². The van der Waals surface area contributed by atoms with E-state index >= 15 is 0 Å². The van der Waals surface area contributed by atoms with Crippen molar-refractivity contribution >= 4 is 50.6 Å². The minimum absolute atomic E-state index is 0.0132. The molecule has 162 valence electrons. The van der Waals surface area contributed by atoms with Gasteiger partial charge in [-0.05, 0) is 39.8 Å². The molecule has 2 heterocycles. The van der Waals surface area contributed by atoms with E-state index < -0.39 is 22.3 Å². The number of nitrogens with two attached hydrogens (primary N) is 1. The molecule has 0 saturated carbocycles. The molecule has 0 fully saturated rings. The maximum atomic E-state index is 12.5. The van der Waals surface area contributed by atoms with Gasteiger partial charge in [-0.1, -0.05) is 28.1 Å². The van der Waals surface area contributed by atoms with Crippen LogP contribution in [0, 0.1) is 10.1 Å². The van der Waals surface area contributed by atoms with Crippen molar-refractivity contribution in [2.24, 2.45) is 5.10 Å². The van der Waals surface area contributed by atoms with Crippen LogP contribution in [-0.4, -0.2) is 36.9 Å². The van der Waals surface area contributed by atoms with Crippen molar-refractivity contribution in [3.63, 3.8) is 0 Å². The van der Waals surface area contributed by atoms with Gasteiger partial charge in [-0.3, -0.25) is 14.9 Å². The fourth-order valence-electron chi connectivity index (χ4n) is 2.95. The molecule has 0 bridgehead atoms. The Bertz CT molecular complexity index is 1380. The summed E-state index contributed by atoms with van der Waals surface area (Å²) in [4.78, 5) is 27.1. The van der Waals surface area contributed by atoms with E-state index in [9.17, 15) is 20.0 Å². The Balaban J connectivity index is 1.58. The number of fused-ring (bicyclic) bond motifs is 1. The predicted molar refractivity (Wildman–Crippen MR) is 113 cm³/mol. The lowest BCUT2D eigenvalue weighted by Gasteiger charge is -2.11. The highest BCUT2D eigenvalue weighted by Gasteiger charge is 2.20. The van der Waals surface area contributed by atoms with Crippen molar-refractivity contribution in [2.45, 2.75) is 6.54 Å². The minimum Gasteiger partial charge on any atom is -0.867 e. The van der Waals surface area contributed by atoms with Gasteiger partial charge in [-0.25, -0.2) is 15.0 Å². The van der Waals surface area contributed by atoms with Crippen LogP contribution in [0.25, 0.3) is 22.6 Å². The molecule has 0 saturated heterocycles. The number of amides is 1. The first-order valence-electron chi connectivity index (χ1n) is 8.85. The first kappa shape index (κ1) is 20.9. The van der Waals surface area contributed by atoms with Gasteiger partial charge in [0.15, 0.2) is 17.3 Å². The van der Waals surface area contributed by atoms with Crippen LogP contribution in [-0.2, 0) is 11.3 Å². The number of rotatable bonds is 6. The van der Waals surface area contributed by atoms with Crippen LogP contribution in [0.1, 0.15) is 5.56 Å². The second-order valence-electron chi connectivity index (χ2n) is 6.40. The number of hydrogen-bond acceptors (Lipinski definition) is 10. The summed E-state index contributed by atoms with van der Waals surface area (Å²) >= 11 is 3.10. The number of nitrogens with one attached hydrogen (secondary N) is 1. The number of benzene rings is 2. The number of nitro groups is 1. The maximum absolute atomic E-state index is 12.5. The number of imidazole rings is 1. The summed E-state index contributed by atoms with van der Waals surface area (Å²) in [6, 6.07) is 9.53. The average molecular weight is 500 g/mol. The van der Waals surface area contributed by atoms with E-state index in [-0.39, 0.29) is 29.4 Å². The van der Waals surface area contributed by atoms with E-state index in [0.29, 0.717) is 15.5 Å². The summed E-state index contributed by atoms with van der Waals surface area (Å²) < 4.78 is 6.51. The number of aromatic nitrogens is 4. The van der Waals surface area contributed by atoms with Gasteiger partial charge in [-0.15, -0.1) is 0 Å². The molecule has 0 aliphatic carbocycles. The van der Waals surface area contributed by atoms with Crippen LogP contribution >= 0.6 is 15.9 Å². The second kappa shape index (κ2) is 8.43. The fraction of sp³-hybridized carbons (Fsp3) is 0.0556. The molecule has 1 amide bonds. The topological polar surface area (TPSA) is 190 Å². The SMILES string of the molecule is Nc1nonc1-c1nc2ccccc2n1CC(=O)N/N=C\c1cc(Br)cc([N+](=O)[O-])c1[O-]. The molecule has 3 N–H and O–H groups in total. The van der Waals surface area contributed by atoms with Gasteiger partial charge in [0.1, 0.15) is 6.54 Å². The molecule has 4 aromatic rings. The lowest BCUT2D eigenvalue weighted by molar-refractivity contribution is -0.398. The first-order chi connectivity index (χ1) is 15.3. The number of nitro benzene ring substituents is 1. The molecule has 0 aliphatic heterocycles. The van der Waals surface area contributed by atoms with Crippen molar-refractivity contribution in [1.82, 2.24) is 25.3 Å². The van der Waals surface area contributed by atoms with Crippen molar-refractivity contribution in [3.05, 3.63) is 56.5 Å². The Labute approximate surface area is 186 Å². The summed E-state index contributed by atoms with van der Waals surface area (Å²) in [5.41, 5.74) is 8.78. The summed E-state index contributed by atoms with van der Waals surface area (Å²) in [7, 11) is 0. The molecule has 0 radical (unpaired) electrons. The summed E-state index contributed by atoms with van der Waals surface area (Å²) in [5.74, 6) is -1.10. The zero-order chi connectivity index (χ0) is 22.8. The van der Waals surface area contributed by atoms with Crippen molar-refractivity contribution < 1.29 is 19.5 Å². The number of halogens is 1. The molecule has 2 aromatic heterocycles. The number of carbonyl (C=O) groups excluding carboxylic acids is 1. The molecular weight excluding hydrogens is 488 g/mol. The third kappa shape index (κ3) is 3.98. The number of anilines is 1. The number of nitrogens with zero attached hydrogens (tertiary/aromatic N) is 6. The summed E-state index contributed by atoms with van der Waals surface area (Å²) in [5, 5.41) is 34.1. The van der Waals surface area contributed by atoms with Crippen LogP contribution in [0.2, 0.25) is 0 Å². The Morgan fingerprint density at radius 2 is 2.12 bits per heavy atom. The number of nitrogen functional groups attached to an aromatic ring is 1. The van der Waals surface area contributed by atoms with E-state index in [2.05, 4.69) is 46.4 Å². The Morgan fingerprint density at radius 3 is 2.84 bits per heavy atom. The monoisotopic (exact) mass is 499 g/mol. The van der Waals surface area contributed by atoms with Crippen LogP contribution in [0.5, 0.6) is 5.75 Å². The predicted octanol–water partition coefficient (Wildman–Crippen LogP) is 1.56. The highest BCUT2D eigenvalue weighted by Crippen LogP contribution is 2.30. The maximum Gasteiger partial charge on any atom is 0.263 e. The van der Waals surface area contributed by atoms with E-state index in [1.807, 2.05) is 0 Å². The normalized spacial score (nSPS) is 11.3. The van der Waals surface area contributed by atoms with Crippen LogP contribution in [0.15, 0.2) is 50.6 Å². The van der Waals surface area contributed by atoms with Gasteiger partial charge in [0.25, 0.3) is 11.6 Å². The van der Waals surface area contributed by atoms with E-state index in [1.165, 1.54) is 6.07 Å². The molecule has 2 aromatic carbocycles. The van der Waals surface area contributed by atoms with E-state index in [4.69, 9.17) is 5.73 Å². The second-order valence-corrected chi connectivity index (χ2v) is 7.32. The van der Waals surface area contributed by atoms with Crippen molar-refractivity contribution in [3.8, 4) is 17.3 Å². The molecular formula is C18H12BrN8O5-. The number of hydrazone groups is 1. The molecule has 14 heteroatoms. The van der Waals surface area contributed by atoms with Gasteiger partial charge >= 0.3 is 0 Å². The molecule has 0 unspecified atom stereocenters. The number of para-hydroxylation sites is 2. The van der Waals surface area contributed by atoms with Crippen molar-refractivity contribution in [2.75, 3.05) is 5.73 Å². The standard InChI is InChI=1S/C18H13BrN8O5/c19-10-5-9(16(29)13(6-10)27(30)31)7-21-23-14(28)8-26-12-4-2-1-3-11(12)22-18(26)15-17(20)25-32-24-15/h1-7,29H,8H2,(H2,20,25)(H,23,28)/p-1/b21-7-. The number of hydrogen-bond donors (Lipinski definition) is 2.